The minimum absolute atomic E-state index is 0.0163. The van der Waals surface area contributed by atoms with Crippen LogP contribution in [0, 0.1) is 6.92 Å². The summed E-state index contributed by atoms with van der Waals surface area (Å²) < 4.78 is 10.4. The highest BCUT2D eigenvalue weighted by molar-refractivity contribution is 5.87. The zero-order chi connectivity index (χ0) is 15.3. The molecular weight excluding hydrogens is 252 g/mol. The standard InChI is InChI=1S/C17H24O3/c1-12-7-8-15(14(11-12)17(3,4)5)20-10-9-13(2)16(18)19-6/h7-9,11H,10H2,1-6H3. The van der Waals surface area contributed by atoms with Gasteiger partial charge in [0.25, 0.3) is 0 Å². The highest BCUT2D eigenvalue weighted by Crippen LogP contribution is 2.32. The van der Waals surface area contributed by atoms with Crippen LogP contribution in [0.2, 0.25) is 0 Å². The topological polar surface area (TPSA) is 35.5 Å². The maximum Gasteiger partial charge on any atom is 0.333 e. The Balaban J connectivity index is 2.86. The summed E-state index contributed by atoms with van der Waals surface area (Å²) >= 11 is 0. The van der Waals surface area contributed by atoms with Crippen molar-refractivity contribution in [1.82, 2.24) is 0 Å². The molecule has 3 heteroatoms. The van der Waals surface area contributed by atoms with Gasteiger partial charge in [-0.25, -0.2) is 4.79 Å². The van der Waals surface area contributed by atoms with Gasteiger partial charge in [-0.2, -0.15) is 0 Å². The number of benzene rings is 1. The van der Waals surface area contributed by atoms with Gasteiger partial charge in [0.1, 0.15) is 12.4 Å². The van der Waals surface area contributed by atoms with Gasteiger partial charge in [0, 0.05) is 5.57 Å². The van der Waals surface area contributed by atoms with Crippen LogP contribution in [0.1, 0.15) is 38.8 Å². The second kappa shape index (κ2) is 6.60. The van der Waals surface area contributed by atoms with E-state index in [0.717, 1.165) is 5.75 Å². The second-order valence-corrected chi connectivity index (χ2v) is 5.94. The Morgan fingerprint density at radius 3 is 2.50 bits per heavy atom. The molecule has 0 amide bonds. The molecule has 1 rings (SSSR count). The minimum atomic E-state index is -0.325. The number of carbonyl (C=O) groups is 1. The molecular formula is C17H24O3. The Morgan fingerprint density at radius 2 is 1.95 bits per heavy atom. The summed E-state index contributed by atoms with van der Waals surface area (Å²) in [7, 11) is 1.37. The van der Waals surface area contributed by atoms with Gasteiger partial charge >= 0.3 is 5.97 Å². The first-order chi connectivity index (χ1) is 9.25. The van der Waals surface area contributed by atoms with Crippen molar-refractivity contribution in [3.8, 4) is 5.75 Å². The Hall–Kier alpha value is -1.77. The maximum atomic E-state index is 11.3. The van der Waals surface area contributed by atoms with E-state index >= 15 is 0 Å². The summed E-state index contributed by atoms with van der Waals surface area (Å²) in [5, 5.41) is 0. The van der Waals surface area contributed by atoms with Crippen molar-refractivity contribution in [3.63, 3.8) is 0 Å². The molecule has 20 heavy (non-hydrogen) atoms. The molecule has 0 radical (unpaired) electrons. The lowest BCUT2D eigenvalue weighted by Gasteiger charge is -2.23. The van der Waals surface area contributed by atoms with Crippen LogP contribution in [0.4, 0.5) is 0 Å². The molecule has 3 nitrogen and oxygen atoms in total. The molecule has 0 aliphatic heterocycles. The van der Waals surface area contributed by atoms with Crippen molar-refractivity contribution in [2.45, 2.75) is 40.0 Å². The summed E-state index contributed by atoms with van der Waals surface area (Å²) in [5.41, 5.74) is 2.95. The first kappa shape index (κ1) is 16.3. The van der Waals surface area contributed by atoms with E-state index in [1.54, 1.807) is 13.0 Å². The minimum Gasteiger partial charge on any atom is -0.489 e. The lowest BCUT2D eigenvalue weighted by atomic mass is 9.85. The molecule has 0 atom stereocenters. The van der Waals surface area contributed by atoms with Crippen molar-refractivity contribution in [3.05, 3.63) is 41.0 Å². The summed E-state index contributed by atoms with van der Waals surface area (Å²) in [6.07, 6.45) is 1.73. The fourth-order valence-corrected chi connectivity index (χ4v) is 1.86. The normalized spacial score (nSPS) is 12.2. The van der Waals surface area contributed by atoms with Crippen LogP contribution in [-0.2, 0) is 14.9 Å². The molecule has 1 aromatic carbocycles. The van der Waals surface area contributed by atoms with E-state index in [9.17, 15) is 4.79 Å². The fraction of sp³-hybridized carbons (Fsp3) is 0.471. The molecule has 0 spiro atoms. The monoisotopic (exact) mass is 276 g/mol. The first-order valence-corrected chi connectivity index (χ1v) is 6.74. The molecule has 0 bridgehead atoms. The number of ether oxygens (including phenoxy) is 2. The van der Waals surface area contributed by atoms with E-state index in [0.29, 0.717) is 12.2 Å². The van der Waals surface area contributed by atoms with E-state index in [4.69, 9.17) is 4.74 Å². The van der Waals surface area contributed by atoms with Gasteiger partial charge in [0.05, 0.1) is 7.11 Å². The van der Waals surface area contributed by atoms with Gasteiger partial charge < -0.3 is 9.47 Å². The Morgan fingerprint density at radius 1 is 1.30 bits per heavy atom. The number of rotatable bonds is 4. The largest absolute Gasteiger partial charge is 0.489 e. The quantitative estimate of drug-likeness (QED) is 0.620. The van der Waals surface area contributed by atoms with Crippen LogP contribution < -0.4 is 4.74 Å². The van der Waals surface area contributed by atoms with Crippen LogP contribution in [-0.4, -0.2) is 19.7 Å². The summed E-state index contributed by atoms with van der Waals surface area (Å²) in [6, 6.07) is 6.16. The predicted molar refractivity (Wildman–Crippen MR) is 81.1 cm³/mol. The van der Waals surface area contributed by atoms with Crippen LogP contribution in [0.5, 0.6) is 5.75 Å². The molecule has 0 saturated heterocycles. The first-order valence-electron chi connectivity index (χ1n) is 6.74. The number of hydrogen-bond donors (Lipinski definition) is 0. The van der Waals surface area contributed by atoms with Gasteiger partial charge in [-0.05, 0) is 37.0 Å². The van der Waals surface area contributed by atoms with Crippen molar-refractivity contribution in [2.24, 2.45) is 0 Å². The van der Waals surface area contributed by atoms with E-state index in [1.165, 1.54) is 18.2 Å². The van der Waals surface area contributed by atoms with Crippen molar-refractivity contribution in [2.75, 3.05) is 13.7 Å². The lowest BCUT2D eigenvalue weighted by molar-refractivity contribution is -0.136. The third-order valence-corrected chi connectivity index (χ3v) is 3.08. The van der Waals surface area contributed by atoms with E-state index in [2.05, 4.69) is 38.5 Å². The summed E-state index contributed by atoms with van der Waals surface area (Å²) in [5.74, 6) is 0.533. The smallest absolute Gasteiger partial charge is 0.333 e. The van der Waals surface area contributed by atoms with Crippen LogP contribution in [0.3, 0.4) is 0 Å². The van der Waals surface area contributed by atoms with Crippen molar-refractivity contribution in [1.29, 1.82) is 0 Å². The third kappa shape index (κ3) is 4.41. The molecule has 0 aliphatic rings. The molecule has 0 heterocycles. The maximum absolute atomic E-state index is 11.3. The van der Waals surface area contributed by atoms with E-state index in [-0.39, 0.29) is 11.4 Å². The number of aryl methyl sites for hydroxylation is 1. The Bertz CT molecular complexity index is 507. The zero-order valence-corrected chi connectivity index (χ0v) is 13.2. The van der Waals surface area contributed by atoms with Gasteiger partial charge in [0.15, 0.2) is 0 Å². The fourth-order valence-electron chi connectivity index (χ4n) is 1.86. The third-order valence-electron chi connectivity index (χ3n) is 3.08. The number of esters is 1. The molecule has 0 unspecified atom stereocenters. The highest BCUT2D eigenvalue weighted by Gasteiger charge is 2.19. The highest BCUT2D eigenvalue weighted by atomic mass is 16.5. The SMILES string of the molecule is COC(=O)C(C)=CCOc1ccc(C)cc1C(C)(C)C. The molecule has 0 aliphatic carbocycles. The average molecular weight is 276 g/mol. The van der Waals surface area contributed by atoms with Gasteiger partial charge in [-0.15, -0.1) is 0 Å². The summed E-state index contributed by atoms with van der Waals surface area (Å²) in [6.45, 7) is 10.6. The van der Waals surface area contributed by atoms with E-state index < -0.39 is 0 Å². The molecule has 0 aromatic heterocycles. The van der Waals surface area contributed by atoms with Crippen LogP contribution in [0.25, 0.3) is 0 Å². The van der Waals surface area contributed by atoms with Gasteiger partial charge in [0.2, 0.25) is 0 Å². The zero-order valence-electron chi connectivity index (χ0n) is 13.2. The number of carbonyl (C=O) groups excluding carboxylic acids is 1. The molecule has 110 valence electrons. The van der Waals surface area contributed by atoms with E-state index in [1.807, 2.05) is 12.1 Å². The van der Waals surface area contributed by atoms with Gasteiger partial charge in [-0.3, -0.25) is 0 Å². The lowest BCUT2D eigenvalue weighted by Crippen LogP contribution is -2.14. The average Bonchev–Trinajstić information content (AvgIpc) is 2.38. The van der Waals surface area contributed by atoms with Crippen molar-refractivity contribution < 1.29 is 14.3 Å². The Labute approximate surface area is 121 Å². The number of hydrogen-bond acceptors (Lipinski definition) is 3. The molecule has 0 saturated carbocycles. The molecule has 0 N–H and O–H groups in total. The summed E-state index contributed by atoms with van der Waals surface area (Å²) in [4.78, 5) is 11.3. The van der Waals surface area contributed by atoms with Crippen LogP contribution in [0.15, 0.2) is 29.8 Å². The van der Waals surface area contributed by atoms with Gasteiger partial charge in [-0.1, -0.05) is 38.5 Å². The van der Waals surface area contributed by atoms with Crippen LogP contribution >= 0.6 is 0 Å². The second-order valence-electron chi connectivity index (χ2n) is 5.94. The molecule has 0 fully saturated rings. The number of methoxy groups -OCH3 is 1. The van der Waals surface area contributed by atoms with Crippen molar-refractivity contribution >= 4 is 5.97 Å². The molecule has 1 aromatic rings. The Kier molecular flexibility index (Phi) is 5.37. The predicted octanol–water partition coefficient (Wildman–Crippen LogP) is 3.79.